The molecule has 2 unspecified atom stereocenters. The van der Waals surface area contributed by atoms with Crippen LogP contribution in [0.5, 0.6) is 0 Å². The number of aryl methyl sites for hydroxylation is 2. The number of aromatic nitrogens is 6. The van der Waals surface area contributed by atoms with Crippen molar-refractivity contribution in [2.24, 2.45) is 5.92 Å². The van der Waals surface area contributed by atoms with Gasteiger partial charge in [-0.15, -0.1) is 0 Å². The highest BCUT2D eigenvalue weighted by molar-refractivity contribution is 7.88. The normalized spacial score (nSPS) is 17.2. The van der Waals surface area contributed by atoms with Crippen molar-refractivity contribution in [1.29, 1.82) is 0 Å². The first-order chi connectivity index (χ1) is 44.0. The van der Waals surface area contributed by atoms with Gasteiger partial charge in [0.05, 0.1) is 30.9 Å². The number of pyridine rings is 4. The monoisotopic (exact) mass is 1360 g/mol. The summed E-state index contributed by atoms with van der Waals surface area (Å²) in [4.78, 5) is 35.4. The second kappa shape index (κ2) is 37.1. The van der Waals surface area contributed by atoms with Crippen molar-refractivity contribution in [3.05, 3.63) is 125 Å². The molecule has 0 saturated carbocycles. The van der Waals surface area contributed by atoms with E-state index in [1.165, 1.54) is 87.1 Å². The van der Waals surface area contributed by atoms with Crippen LogP contribution in [0, 0.1) is 5.92 Å². The molecule has 21 heteroatoms. The Kier molecular flexibility index (Phi) is 32.1. The van der Waals surface area contributed by atoms with Crippen LogP contribution in [0.3, 0.4) is 0 Å². The van der Waals surface area contributed by atoms with E-state index in [1.54, 1.807) is 32.8 Å². The molecule has 0 aliphatic carbocycles. The molecule has 0 aromatic carbocycles. The van der Waals surface area contributed by atoms with E-state index < -0.39 is 20.0 Å². The van der Waals surface area contributed by atoms with E-state index in [9.17, 15) is 16.8 Å². The van der Waals surface area contributed by atoms with E-state index in [-0.39, 0.29) is 27.1 Å². The van der Waals surface area contributed by atoms with Gasteiger partial charge >= 0.3 is 0 Å². The number of anilines is 3. The van der Waals surface area contributed by atoms with Crippen LogP contribution in [0.15, 0.2) is 85.7 Å². The second-order valence-electron chi connectivity index (χ2n) is 31.5. The van der Waals surface area contributed by atoms with E-state index in [4.69, 9.17) is 9.47 Å². The third-order valence-corrected chi connectivity index (χ3v) is 20.4. The lowest BCUT2D eigenvalue weighted by Crippen LogP contribution is -2.40. The largest absolute Gasteiger partial charge is 0.381 e. The number of ether oxygens (including phenoxy) is 2. The minimum Gasteiger partial charge on any atom is -0.381 e. The highest BCUT2D eigenvalue weighted by atomic mass is 32.2. The molecule has 3 fully saturated rings. The van der Waals surface area contributed by atoms with Crippen LogP contribution in [0.25, 0.3) is 0 Å². The summed E-state index contributed by atoms with van der Waals surface area (Å²) in [6.45, 7) is 42.1. The number of likely N-dealkylation sites (N-methyl/N-ethyl adjacent to an activating group) is 4. The highest BCUT2D eigenvalue weighted by Gasteiger charge is 2.25. The summed E-state index contributed by atoms with van der Waals surface area (Å²) in [5, 5.41) is 3.14. The summed E-state index contributed by atoms with van der Waals surface area (Å²) in [5.74, 6) is 3.51. The molecule has 0 amide bonds. The van der Waals surface area contributed by atoms with Gasteiger partial charge in [-0.2, -0.15) is 0 Å². The van der Waals surface area contributed by atoms with Gasteiger partial charge in [0.25, 0.3) is 0 Å². The molecule has 3 saturated heterocycles. The number of hydrogen-bond acceptors (Lipinski definition) is 17. The molecule has 1 N–H and O–H groups in total. The Morgan fingerprint density at radius 3 is 1.54 bits per heavy atom. The van der Waals surface area contributed by atoms with Gasteiger partial charge in [-0.25, -0.2) is 45.4 Å². The third-order valence-electron chi connectivity index (χ3n) is 17.7. The molecule has 534 valence electrons. The molecule has 5 aromatic heterocycles. The predicted molar refractivity (Wildman–Crippen MR) is 396 cm³/mol. The topological polar surface area (TPSA) is 196 Å². The Balaban J connectivity index is 0.000000253. The van der Waals surface area contributed by atoms with Crippen molar-refractivity contribution < 1.29 is 26.3 Å². The maximum atomic E-state index is 11.4. The van der Waals surface area contributed by atoms with Crippen molar-refractivity contribution in [3.63, 3.8) is 0 Å². The van der Waals surface area contributed by atoms with Crippen LogP contribution in [-0.2, 0) is 69.4 Å². The number of piperidine rings is 1. The Bertz CT molecular complexity index is 3220. The number of rotatable bonds is 18. The third kappa shape index (κ3) is 30.6. The first-order valence-electron chi connectivity index (χ1n) is 34.2. The van der Waals surface area contributed by atoms with Crippen molar-refractivity contribution in [3.8, 4) is 0 Å². The average molecular weight is 1360 g/mol. The fourth-order valence-electron chi connectivity index (χ4n) is 10.7. The Labute approximate surface area is 576 Å². The van der Waals surface area contributed by atoms with Crippen LogP contribution in [-0.4, -0.2) is 204 Å². The fourth-order valence-corrected chi connectivity index (χ4v) is 11.6. The number of nitrogens with zero attached hydrogens (tertiary/aromatic N) is 12. The minimum absolute atomic E-state index is 0.0637. The van der Waals surface area contributed by atoms with Crippen LogP contribution in [0.1, 0.15) is 182 Å². The van der Waals surface area contributed by atoms with Gasteiger partial charge < -0.3 is 34.4 Å². The maximum absolute atomic E-state index is 11.4. The van der Waals surface area contributed by atoms with Gasteiger partial charge in [-0.1, -0.05) is 104 Å². The van der Waals surface area contributed by atoms with Gasteiger partial charge in [0.1, 0.15) is 23.8 Å². The predicted octanol–water partition coefficient (Wildman–Crippen LogP) is 12.1. The molecule has 3 aliphatic rings. The zero-order valence-electron chi connectivity index (χ0n) is 62.9. The summed E-state index contributed by atoms with van der Waals surface area (Å²) in [7, 11) is 5.35. The smallest absolute Gasteiger partial charge is 0.211 e. The lowest BCUT2D eigenvalue weighted by atomic mass is 9.86. The molecule has 0 spiro atoms. The molecule has 8 heterocycles. The summed E-state index contributed by atoms with van der Waals surface area (Å²) >= 11 is 0. The van der Waals surface area contributed by atoms with Crippen LogP contribution in [0.2, 0.25) is 0 Å². The number of sulfonamides is 2. The van der Waals surface area contributed by atoms with Crippen LogP contribution >= 0.6 is 0 Å². The van der Waals surface area contributed by atoms with E-state index >= 15 is 0 Å². The van der Waals surface area contributed by atoms with E-state index in [0.29, 0.717) is 38.3 Å². The molecule has 0 radical (unpaired) electrons. The van der Waals surface area contributed by atoms with E-state index in [1.807, 2.05) is 42.5 Å². The zero-order chi connectivity index (χ0) is 71.2. The first-order valence-corrected chi connectivity index (χ1v) is 37.9. The molecule has 19 nitrogen and oxygen atoms in total. The summed E-state index contributed by atoms with van der Waals surface area (Å²) in [5.41, 5.74) is 9.34. The first kappa shape index (κ1) is 82.2. The molecule has 2 atom stereocenters. The Morgan fingerprint density at radius 2 is 1.02 bits per heavy atom. The minimum atomic E-state index is -3.13. The van der Waals surface area contributed by atoms with Gasteiger partial charge in [-0.05, 0) is 170 Å². The Hall–Kier alpha value is -5.26. The maximum Gasteiger partial charge on any atom is 0.211 e. The number of morpholine rings is 1. The zero-order valence-corrected chi connectivity index (χ0v) is 64.5. The molecule has 5 aromatic rings. The quantitative estimate of drug-likeness (QED) is 0.0869. The molecular weight excluding hydrogens is 1230 g/mol. The average Bonchev–Trinajstić information content (AvgIpc) is 0.901. The van der Waals surface area contributed by atoms with Crippen molar-refractivity contribution in [1.82, 2.24) is 48.3 Å². The highest BCUT2D eigenvalue weighted by Crippen LogP contribution is 2.29. The van der Waals surface area contributed by atoms with Crippen molar-refractivity contribution in [2.75, 3.05) is 142 Å². The Morgan fingerprint density at radius 1 is 0.526 bits per heavy atom. The van der Waals surface area contributed by atoms with E-state index in [2.05, 4.69) is 211 Å². The standard InChI is InChI=1S/C17H28N2.C16H26N2O.C14H25N3O2S.C14H23N3O.C13H23N3O2S/c1-17(2,3)15-9-10-18-16(12-15)8-7-14-6-5-11-19(4)13-14;1-16(2,3)13-7-8-17-14(11-13)5-6-15-12-18(4)9-10-19-15;1-14(2,3)12-7-8-15-13(11-12)16(4)9-10-17(5)20(6,18)19;1-14(2,3)12-9-13(16-10-15-12)17(4)11-5-7-18-8-6-11;1-13(2,3)11-6-7-14-12(10-11)15-8-9-16(4)19(5,17)18/h9-10,12,14H,5-8,11,13H2,1-4H3;7-8,11,15H,5-6,9-10,12H2,1-4H3;7-8,11H,9-10H2,1-6H3;9-11H,5-8H2,1-4H3;6-7,10H,8-9H2,1-5H3,(H,14,15). The molecule has 95 heavy (non-hydrogen) atoms. The summed E-state index contributed by atoms with van der Waals surface area (Å²) in [6, 6.07) is 19.5. The molecule has 8 rings (SSSR count). The fraction of sp³-hybridized carbons (Fsp3) is 0.676. The number of hydrogen-bond donors (Lipinski definition) is 1. The van der Waals surface area contributed by atoms with Crippen molar-refractivity contribution >= 4 is 37.5 Å². The van der Waals surface area contributed by atoms with Gasteiger partial charge in [0, 0.05) is 141 Å². The van der Waals surface area contributed by atoms with Gasteiger partial charge in [-0.3, -0.25) is 9.97 Å². The van der Waals surface area contributed by atoms with E-state index in [0.717, 1.165) is 94.1 Å². The van der Waals surface area contributed by atoms with Crippen molar-refractivity contribution in [2.45, 2.75) is 194 Å². The van der Waals surface area contributed by atoms with Gasteiger partial charge in [0.2, 0.25) is 20.0 Å². The lowest BCUT2D eigenvalue weighted by Gasteiger charge is -2.32. The molecular formula is C74H125N13O6S2. The molecule has 0 bridgehead atoms. The van der Waals surface area contributed by atoms with Crippen LogP contribution < -0.4 is 15.1 Å². The number of likely N-dealkylation sites (tertiary alicyclic amines) is 1. The SMILES string of the molecule is CN(CCN(C)S(C)(=O)=O)c1cc(C(C)(C)C)ccn1.CN(CCNc1cc(C(C)(C)C)ccn1)S(C)(=O)=O.CN(c1cc(C(C)(C)C)ncn1)C1CCOCC1.CN1CCCC(CCc2cc(C(C)(C)C)ccn2)C1.CN1CCOC(CCc2cc(C(C)(C)C)ccn2)C1. The summed E-state index contributed by atoms with van der Waals surface area (Å²) in [6.07, 6.45) is 21.3. The molecule has 3 aliphatic heterocycles. The lowest BCUT2D eigenvalue weighted by molar-refractivity contribution is -0.0230. The second-order valence-corrected chi connectivity index (χ2v) is 35.7. The van der Waals surface area contributed by atoms with Gasteiger partial charge in [0.15, 0.2) is 0 Å². The number of nitrogens with one attached hydrogen (secondary N) is 1. The summed E-state index contributed by atoms with van der Waals surface area (Å²) < 4.78 is 59.1. The van der Waals surface area contributed by atoms with Crippen LogP contribution in [0.4, 0.5) is 17.5 Å².